The molecule has 1 heterocycles. The highest BCUT2D eigenvalue weighted by atomic mass is 79.9. The molecule has 1 aromatic heterocycles. The van der Waals surface area contributed by atoms with Crippen molar-refractivity contribution < 1.29 is 14.3 Å². The molecule has 0 radical (unpaired) electrons. The molecule has 94 valence electrons. The third-order valence-electron chi connectivity index (χ3n) is 2.51. The number of para-hydroxylation sites is 1. The van der Waals surface area contributed by atoms with Gasteiger partial charge in [-0.2, -0.15) is 0 Å². The number of nitrogens with one attached hydrogen (secondary N) is 1. The van der Waals surface area contributed by atoms with Crippen LogP contribution in [0.4, 0.5) is 0 Å². The first-order valence-corrected chi connectivity index (χ1v) is 6.16. The third kappa shape index (κ3) is 2.63. The predicted octanol–water partition coefficient (Wildman–Crippen LogP) is 3.13. The zero-order valence-electron chi connectivity index (χ0n) is 9.57. The lowest BCUT2D eigenvalue weighted by atomic mass is 10.1. The van der Waals surface area contributed by atoms with Crippen LogP contribution in [-0.4, -0.2) is 17.6 Å². The van der Waals surface area contributed by atoms with Crippen LogP contribution in [-0.2, 0) is 6.54 Å². The molecule has 2 aromatic rings. The van der Waals surface area contributed by atoms with Crippen LogP contribution in [0.15, 0.2) is 39.7 Å². The number of furan rings is 1. The van der Waals surface area contributed by atoms with Crippen molar-refractivity contribution in [2.75, 3.05) is 6.54 Å². The van der Waals surface area contributed by atoms with Crippen LogP contribution in [0.1, 0.15) is 16.1 Å². The van der Waals surface area contributed by atoms with E-state index in [1.54, 1.807) is 6.07 Å². The summed E-state index contributed by atoms with van der Waals surface area (Å²) >= 11 is 3.24. The number of halogens is 1. The van der Waals surface area contributed by atoms with Crippen molar-refractivity contribution in [1.29, 1.82) is 0 Å². The van der Waals surface area contributed by atoms with Crippen LogP contribution < -0.4 is 5.32 Å². The van der Waals surface area contributed by atoms with Crippen LogP contribution in [0.5, 0.6) is 0 Å². The number of aromatic carboxylic acids is 1. The smallest absolute Gasteiger partial charge is 0.372 e. The Bertz CT molecular complexity index is 603. The summed E-state index contributed by atoms with van der Waals surface area (Å²) in [6.07, 6.45) is 0. The highest BCUT2D eigenvalue weighted by molar-refractivity contribution is 9.11. The van der Waals surface area contributed by atoms with Crippen LogP contribution in [0.2, 0.25) is 0 Å². The fourth-order valence-corrected chi connectivity index (χ4v) is 1.97. The molecule has 0 saturated carbocycles. The van der Waals surface area contributed by atoms with E-state index in [1.165, 1.54) is 0 Å². The second-order valence-electron chi connectivity index (χ2n) is 3.83. The Morgan fingerprint density at radius 2 is 2.17 bits per heavy atom. The minimum absolute atomic E-state index is 0.0103. The first-order chi connectivity index (χ1) is 8.59. The maximum atomic E-state index is 11.1. The highest BCUT2D eigenvalue weighted by Crippen LogP contribution is 2.25. The maximum Gasteiger partial charge on any atom is 0.372 e. The van der Waals surface area contributed by atoms with E-state index >= 15 is 0 Å². The number of benzene rings is 1. The molecule has 0 unspecified atom stereocenters. The van der Waals surface area contributed by atoms with E-state index in [0.717, 1.165) is 9.87 Å². The Balaban J connectivity index is 2.36. The summed E-state index contributed by atoms with van der Waals surface area (Å²) < 4.78 is 6.16. The quantitative estimate of drug-likeness (QED) is 0.890. The second-order valence-corrected chi connectivity index (χ2v) is 4.95. The van der Waals surface area contributed by atoms with Crippen LogP contribution in [0.3, 0.4) is 0 Å². The standard InChI is InChI=1S/C13H12BrNO3/c1-8(14)6-15-7-10-9-4-2-3-5-11(9)18-12(10)13(16)17/h2-5,15H,1,6-7H2,(H,16,17). The molecule has 4 nitrogen and oxygen atoms in total. The number of carbonyl (C=O) groups is 1. The van der Waals surface area contributed by atoms with E-state index in [0.29, 0.717) is 24.2 Å². The largest absolute Gasteiger partial charge is 0.475 e. The van der Waals surface area contributed by atoms with Gasteiger partial charge >= 0.3 is 5.97 Å². The second kappa shape index (κ2) is 5.37. The summed E-state index contributed by atoms with van der Waals surface area (Å²) in [6, 6.07) is 7.28. The number of hydrogen-bond donors (Lipinski definition) is 2. The molecule has 0 bridgehead atoms. The molecule has 2 N–H and O–H groups in total. The lowest BCUT2D eigenvalue weighted by molar-refractivity contribution is 0.0663. The van der Waals surface area contributed by atoms with E-state index < -0.39 is 5.97 Å². The lowest BCUT2D eigenvalue weighted by Crippen LogP contribution is -2.16. The van der Waals surface area contributed by atoms with Gasteiger partial charge in [-0.25, -0.2) is 4.79 Å². The van der Waals surface area contributed by atoms with Crippen molar-refractivity contribution in [3.8, 4) is 0 Å². The number of carboxylic acid groups (broad SMARTS) is 1. The average Bonchev–Trinajstić information content (AvgIpc) is 2.68. The monoisotopic (exact) mass is 309 g/mol. The molecular weight excluding hydrogens is 298 g/mol. The summed E-state index contributed by atoms with van der Waals surface area (Å²) in [5.74, 6) is -1.07. The molecule has 5 heteroatoms. The SMILES string of the molecule is C=C(Br)CNCc1c(C(=O)O)oc2ccccc12. The molecule has 0 atom stereocenters. The molecule has 0 fully saturated rings. The first-order valence-electron chi connectivity index (χ1n) is 5.37. The van der Waals surface area contributed by atoms with Gasteiger partial charge in [0.15, 0.2) is 0 Å². The summed E-state index contributed by atoms with van der Waals surface area (Å²) in [7, 11) is 0. The normalized spacial score (nSPS) is 10.7. The summed E-state index contributed by atoms with van der Waals surface area (Å²) in [6.45, 7) is 4.70. The van der Waals surface area contributed by atoms with E-state index in [9.17, 15) is 4.79 Å². The number of rotatable bonds is 5. The van der Waals surface area contributed by atoms with Crippen molar-refractivity contribution in [3.63, 3.8) is 0 Å². The summed E-state index contributed by atoms with van der Waals surface area (Å²) in [4.78, 5) is 11.1. The van der Waals surface area contributed by atoms with Gasteiger partial charge < -0.3 is 14.8 Å². The molecule has 0 aliphatic rings. The van der Waals surface area contributed by atoms with Gasteiger partial charge in [-0.3, -0.25) is 0 Å². The molecule has 1 aromatic carbocycles. The van der Waals surface area contributed by atoms with Gasteiger partial charge in [0.2, 0.25) is 5.76 Å². The molecule has 0 saturated heterocycles. The van der Waals surface area contributed by atoms with Crippen molar-refractivity contribution >= 4 is 32.9 Å². The molecule has 0 amide bonds. The average molecular weight is 310 g/mol. The number of fused-ring (bicyclic) bond motifs is 1. The summed E-state index contributed by atoms with van der Waals surface area (Å²) in [5.41, 5.74) is 1.25. The zero-order chi connectivity index (χ0) is 13.1. The van der Waals surface area contributed by atoms with Gasteiger partial charge in [0.25, 0.3) is 0 Å². The zero-order valence-corrected chi connectivity index (χ0v) is 11.2. The van der Waals surface area contributed by atoms with Crippen LogP contribution >= 0.6 is 15.9 Å². The first kappa shape index (κ1) is 12.9. The van der Waals surface area contributed by atoms with Gasteiger partial charge in [0.05, 0.1) is 0 Å². The fraction of sp³-hybridized carbons (Fsp3) is 0.154. The van der Waals surface area contributed by atoms with Crippen molar-refractivity contribution in [1.82, 2.24) is 5.32 Å². The van der Waals surface area contributed by atoms with Crippen molar-refractivity contribution in [2.24, 2.45) is 0 Å². The Morgan fingerprint density at radius 1 is 1.44 bits per heavy atom. The topological polar surface area (TPSA) is 62.5 Å². The van der Waals surface area contributed by atoms with Gasteiger partial charge in [-0.15, -0.1) is 0 Å². The van der Waals surface area contributed by atoms with E-state index in [1.807, 2.05) is 18.2 Å². The van der Waals surface area contributed by atoms with Crippen LogP contribution in [0.25, 0.3) is 11.0 Å². The maximum absolute atomic E-state index is 11.1. The molecule has 0 spiro atoms. The van der Waals surface area contributed by atoms with Gasteiger partial charge in [0, 0.05) is 28.5 Å². The molecule has 2 rings (SSSR count). The van der Waals surface area contributed by atoms with Gasteiger partial charge in [-0.05, 0) is 6.07 Å². The Kier molecular flexibility index (Phi) is 3.84. The summed E-state index contributed by atoms with van der Waals surface area (Å²) in [5, 5.41) is 13.1. The Labute approximate surface area is 112 Å². The Hall–Kier alpha value is -1.59. The third-order valence-corrected chi connectivity index (χ3v) is 2.79. The molecular formula is C13H12BrNO3. The number of hydrogen-bond acceptors (Lipinski definition) is 3. The van der Waals surface area contributed by atoms with E-state index in [2.05, 4.69) is 27.8 Å². The molecule has 0 aliphatic heterocycles. The van der Waals surface area contributed by atoms with E-state index in [-0.39, 0.29) is 5.76 Å². The minimum Gasteiger partial charge on any atom is -0.475 e. The van der Waals surface area contributed by atoms with Crippen molar-refractivity contribution in [3.05, 3.63) is 46.7 Å². The van der Waals surface area contributed by atoms with Gasteiger partial charge in [-0.1, -0.05) is 40.7 Å². The predicted molar refractivity (Wildman–Crippen MR) is 72.9 cm³/mol. The minimum atomic E-state index is -1.05. The Morgan fingerprint density at radius 3 is 2.83 bits per heavy atom. The molecule has 0 aliphatic carbocycles. The lowest BCUT2D eigenvalue weighted by Gasteiger charge is -2.02. The van der Waals surface area contributed by atoms with Crippen LogP contribution in [0, 0.1) is 0 Å². The van der Waals surface area contributed by atoms with Gasteiger partial charge in [0.1, 0.15) is 5.58 Å². The fourth-order valence-electron chi connectivity index (χ4n) is 1.77. The highest BCUT2D eigenvalue weighted by Gasteiger charge is 2.18. The molecule has 18 heavy (non-hydrogen) atoms. The van der Waals surface area contributed by atoms with E-state index in [4.69, 9.17) is 9.52 Å². The van der Waals surface area contributed by atoms with Crippen molar-refractivity contribution in [2.45, 2.75) is 6.54 Å². The number of carboxylic acids is 1.